The Hall–Kier alpha value is -2.96. The van der Waals surface area contributed by atoms with E-state index in [0.717, 1.165) is 11.6 Å². The van der Waals surface area contributed by atoms with Gasteiger partial charge in [-0.25, -0.2) is 13.6 Å². The average molecular weight is 375 g/mol. The number of carbonyl (C=O) groups excluding carboxylic acids is 1. The van der Waals surface area contributed by atoms with Gasteiger partial charge in [0.1, 0.15) is 17.4 Å². The van der Waals surface area contributed by atoms with Gasteiger partial charge in [-0.05, 0) is 48.6 Å². The van der Waals surface area contributed by atoms with E-state index in [-0.39, 0.29) is 23.8 Å². The summed E-state index contributed by atoms with van der Waals surface area (Å²) < 4.78 is 31.9. The van der Waals surface area contributed by atoms with Gasteiger partial charge in [-0.3, -0.25) is 4.79 Å². The lowest BCUT2D eigenvalue weighted by Gasteiger charge is -2.15. The van der Waals surface area contributed by atoms with Crippen molar-refractivity contribution in [2.24, 2.45) is 5.92 Å². The van der Waals surface area contributed by atoms with E-state index in [4.69, 9.17) is 9.84 Å². The van der Waals surface area contributed by atoms with E-state index in [0.29, 0.717) is 17.7 Å². The Labute approximate surface area is 155 Å². The highest BCUT2D eigenvalue weighted by atomic mass is 19.1. The van der Waals surface area contributed by atoms with Gasteiger partial charge in [-0.1, -0.05) is 18.2 Å². The molecule has 0 saturated heterocycles. The van der Waals surface area contributed by atoms with Crippen molar-refractivity contribution < 1.29 is 28.2 Å². The molecule has 2 aromatic rings. The second-order valence-electron chi connectivity index (χ2n) is 6.60. The van der Waals surface area contributed by atoms with E-state index in [1.807, 2.05) is 6.92 Å². The molecule has 1 saturated carbocycles. The first-order valence-electron chi connectivity index (χ1n) is 8.55. The molecule has 1 amide bonds. The largest absolute Gasteiger partial charge is 0.482 e. The third kappa shape index (κ3) is 4.61. The number of hydrogen-bond donors (Lipinski definition) is 2. The molecule has 2 N–H and O–H groups in total. The van der Waals surface area contributed by atoms with Gasteiger partial charge in [-0.15, -0.1) is 0 Å². The minimum Gasteiger partial charge on any atom is -0.482 e. The third-order valence-corrected chi connectivity index (χ3v) is 4.59. The number of carboxylic acids is 1. The van der Waals surface area contributed by atoms with Gasteiger partial charge in [0.05, 0.1) is 6.04 Å². The lowest BCUT2D eigenvalue weighted by Crippen LogP contribution is -2.28. The van der Waals surface area contributed by atoms with Crippen LogP contribution in [0.1, 0.15) is 36.4 Å². The number of carboxylic acid groups (broad SMARTS) is 1. The van der Waals surface area contributed by atoms with Gasteiger partial charge < -0.3 is 15.2 Å². The van der Waals surface area contributed by atoms with Crippen LogP contribution in [-0.4, -0.2) is 23.6 Å². The van der Waals surface area contributed by atoms with Crippen LogP contribution in [0.15, 0.2) is 42.5 Å². The molecule has 0 radical (unpaired) electrons. The van der Waals surface area contributed by atoms with Gasteiger partial charge in [0.2, 0.25) is 5.91 Å². The number of hydrogen-bond acceptors (Lipinski definition) is 3. The molecule has 27 heavy (non-hydrogen) atoms. The van der Waals surface area contributed by atoms with Crippen LogP contribution in [0.3, 0.4) is 0 Å². The highest BCUT2D eigenvalue weighted by molar-refractivity contribution is 5.83. The molecule has 1 fully saturated rings. The molecule has 7 heteroatoms. The predicted octanol–water partition coefficient (Wildman–Crippen LogP) is 3.41. The van der Waals surface area contributed by atoms with E-state index >= 15 is 0 Å². The highest BCUT2D eigenvalue weighted by Crippen LogP contribution is 2.48. The smallest absolute Gasteiger partial charge is 0.341 e. The van der Waals surface area contributed by atoms with Crippen molar-refractivity contribution >= 4 is 11.9 Å². The molecule has 5 nitrogen and oxygen atoms in total. The molecule has 0 bridgehead atoms. The lowest BCUT2D eigenvalue weighted by atomic mass is 10.1. The molecule has 1 aliphatic carbocycles. The Balaban J connectivity index is 1.56. The maximum absolute atomic E-state index is 13.8. The van der Waals surface area contributed by atoms with Gasteiger partial charge in [-0.2, -0.15) is 0 Å². The zero-order chi connectivity index (χ0) is 19.6. The summed E-state index contributed by atoms with van der Waals surface area (Å²) in [5, 5.41) is 11.5. The van der Waals surface area contributed by atoms with Crippen molar-refractivity contribution in [3.8, 4) is 5.75 Å². The van der Waals surface area contributed by atoms with Crippen LogP contribution in [0, 0.1) is 17.6 Å². The van der Waals surface area contributed by atoms with E-state index in [1.165, 1.54) is 12.1 Å². The molecular formula is C20H19F2NO4. The van der Waals surface area contributed by atoms with Crippen molar-refractivity contribution in [2.75, 3.05) is 6.61 Å². The first kappa shape index (κ1) is 18.8. The molecule has 3 unspecified atom stereocenters. The van der Waals surface area contributed by atoms with Crippen molar-refractivity contribution in [1.82, 2.24) is 5.32 Å². The average Bonchev–Trinajstić information content (AvgIpc) is 3.41. The molecule has 0 heterocycles. The summed E-state index contributed by atoms with van der Waals surface area (Å²) in [6.07, 6.45) is 0.531. The quantitative estimate of drug-likeness (QED) is 0.778. The first-order chi connectivity index (χ1) is 12.8. The second kappa shape index (κ2) is 7.73. The number of aliphatic carboxylic acids is 1. The lowest BCUT2D eigenvalue weighted by molar-refractivity contribution is -0.139. The number of amides is 1. The molecule has 3 atom stereocenters. The van der Waals surface area contributed by atoms with Crippen molar-refractivity contribution in [1.29, 1.82) is 0 Å². The zero-order valence-corrected chi connectivity index (χ0v) is 14.6. The summed E-state index contributed by atoms with van der Waals surface area (Å²) in [4.78, 5) is 22.9. The zero-order valence-electron chi connectivity index (χ0n) is 14.6. The molecule has 0 aromatic heterocycles. The van der Waals surface area contributed by atoms with E-state index in [9.17, 15) is 18.4 Å². The number of carbonyl (C=O) groups is 2. The van der Waals surface area contributed by atoms with Crippen molar-refractivity contribution in [3.05, 3.63) is 65.2 Å². The molecule has 0 spiro atoms. The molecule has 1 aliphatic rings. The van der Waals surface area contributed by atoms with E-state index < -0.39 is 24.2 Å². The van der Waals surface area contributed by atoms with Crippen molar-refractivity contribution in [3.63, 3.8) is 0 Å². The van der Waals surface area contributed by atoms with Gasteiger partial charge in [0.15, 0.2) is 6.61 Å². The number of ether oxygens (including phenoxy) is 1. The van der Waals surface area contributed by atoms with Gasteiger partial charge in [0.25, 0.3) is 0 Å². The van der Waals surface area contributed by atoms with Gasteiger partial charge in [0, 0.05) is 12.0 Å². The first-order valence-corrected chi connectivity index (χ1v) is 8.55. The summed E-state index contributed by atoms with van der Waals surface area (Å²) in [6.45, 7) is 1.40. The fraction of sp³-hybridized carbons (Fsp3) is 0.300. The number of rotatable bonds is 7. The maximum Gasteiger partial charge on any atom is 0.341 e. The topological polar surface area (TPSA) is 75.6 Å². The maximum atomic E-state index is 13.8. The molecule has 3 rings (SSSR count). The Bertz CT molecular complexity index is 854. The Kier molecular flexibility index (Phi) is 5.39. The van der Waals surface area contributed by atoms with Crippen LogP contribution in [0.25, 0.3) is 0 Å². The van der Waals surface area contributed by atoms with E-state index in [1.54, 1.807) is 24.3 Å². The Morgan fingerprint density at radius 2 is 1.93 bits per heavy atom. The van der Waals surface area contributed by atoms with Crippen LogP contribution >= 0.6 is 0 Å². The van der Waals surface area contributed by atoms with Crippen LogP contribution in [-0.2, 0) is 9.59 Å². The summed E-state index contributed by atoms with van der Waals surface area (Å²) in [5.41, 5.74) is 1.19. The minimum atomic E-state index is -1.06. The minimum absolute atomic E-state index is 0.178. The number of nitrogens with one attached hydrogen (secondary N) is 1. The molecular weight excluding hydrogens is 356 g/mol. The molecule has 142 valence electrons. The highest BCUT2D eigenvalue weighted by Gasteiger charge is 2.45. The normalized spacial score (nSPS) is 19.2. The monoisotopic (exact) mass is 375 g/mol. The predicted molar refractivity (Wildman–Crippen MR) is 93.3 cm³/mol. The summed E-state index contributed by atoms with van der Waals surface area (Å²) in [7, 11) is 0. The SMILES string of the molecule is CC(NC(=O)C1CC1c1ccc(F)cc1F)c1ccc(OCC(=O)O)cc1. The van der Waals surface area contributed by atoms with Crippen LogP contribution < -0.4 is 10.1 Å². The van der Waals surface area contributed by atoms with E-state index in [2.05, 4.69) is 5.32 Å². The standard InChI is InChI=1S/C20H19F2NO4/c1-11(12-2-5-14(6-3-12)27-10-19(24)25)23-20(26)17-9-16(17)15-7-4-13(21)8-18(15)22/h2-8,11,16-17H,9-10H2,1H3,(H,23,26)(H,24,25). The molecule has 2 aromatic carbocycles. The molecule has 0 aliphatic heterocycles. The van der Waals surface area contributed by atoms with Crippen LogP contribution in [0.5, 0.6) is 5.75 Å². The number of benzene rings is 2. The summed E-state index contributed by atoms with van der Waals surface area (Å²) >= 11 is 0. The van der Waals surface area contributed by atoms with Gasteiger partial charge >= 0.3 is 5.97 Å². The fourth-order valence-electron chi connectivity index (χ4n) is 3.03. The Morgan fingerprint density at radius 1 is 1.22 bits per heavy atom. The summed E-state index contributed by atoms with van der Waals surface area (Å²) in [5.74, 6) is -2.63. The van der Waals surface area contributed by atoms with Crippen molar-refractivity contribution in [2.45, 2.75) is 25.3 Å². The summed E-state index contributed by atoms with van der Waals surface area (Å²) in [6, 6.07) is 9.90. The third-order valence-electron chi connectivity index (χ3n) is 4.59. The fourth-order valence-corrected chi connectivity index (χ4v) is 3.03. The Morgan fingerprint density at radius 3 is 2.56 bits per heavy atom. The number of halogens is 2. The van der Waals surface area contributed by atoms with Crippen LogP contribution in [0.2, 0.25) is 0 Å². The van der Waals surface area contributed by atoms with Crippen LogP contribution in [0.4, 0.5) is 8.78 Å². The second-order valence-corrected chi connectivity index (χ2v) is 6.60.